The third-order valence-electron chi connectivity index (χ3n) is 7.38. The first-order valence-corrected chi connectivity index (χ1v) is 19.0. The summed E-state index contributed by atoms with van der Waals surface area (Å²) in [6.45, 7) is 26.0. The molecule has 0 saturated carbocycles. The molecule has 0 aromatic carbocycles. The molecule has 2 unspecified atom stereocenters. The van der Waals surface area contributed by atoms with Gasteiger partial charge < -0.3 is 13.9 Å². The minimum absolute atomic E-state index is 0.0799. The van der Waals surface area contributed by atoms with Gasteiger partial charge in [-0.05, 0) is 49.1 Å². The molecule has 5 nitrogen and oxygen atoms in total. The van der Waals surface area contributed by atoms with E-state index in [9.17, 15) is 0 Å². The van der Waals surface area contributed by atoms with E-state index in [2.05, 4.69) is 74.7 Å². The summed E-state index contributed by atoms with van der Waals surface area (Å²) in [7, 11) is -2.18. The van der Waals surface area contributed by atoms with Crippen LogP contribution in [0.15, 0.2) is 0 Å². The Kier molecular flexibility index (Phi) is 15.5. The van der Waals surface area contributed by atoms with Crippen LogP contribution in [0.2, 0.25) is 36.3 Å². The average molecular weight is 507 g/mol. The van der Waals surface area contributed by atoms with Crippen molar-refractivity contribution in [2.75, 3.05) is 20.3 Å². The zero-order valence-corrected chi connectivity index (χ0v) is 26.3. The Bertz CT molecular complexity index is 498. The normalized spacial score (nSPS) is 15.6. The molecule has 0 radical (unpaired) electrons. The van der Waals surface area contributed by atoms with Gasteiger partial charge in [0.2, 0.25) is 8.32 Å². The Morgan fingerprint density at radius 3 is 1.79 bits per heavy atom. The van der Waals surface area contributed by atoms with Crippen LogP contribution in [0.3, 0.4) is 0 Å². The molecule has 0 bridgehead atoms. The Hall–Kier alpha value is 0.234. The first-order valence-electron chi connectivity index (χ1n) is 13.2. The van der Waals surface area contributed by atoms with Crippen LogP contribution < -0.4 is 0 Å². The number of unbranched alkanes of at least 4 members (excludes halogenated alkanes) is 4. The van der Waals surface area contributed by atoms with Gasteiger partial charge in [0.1, 0.15) is 0 Å². The van der Waals surface area contributed by atoms with Crippen molar-refractivity contribution >= 4 is 16.6 Å². The lowest BCUT2D eigenvalue weighted by Crippen LogP contribution is -2.44. The largest absolute Gasteiger partial charge is 0.414 e. The van der Waals surface area contributed by atoms with Crippen molar-refractivity contribution in [3.8, 4) is 0 Å². The third-order valence-corrected chi connectivity index (χ3v) is 16.0. The third kappa shape index (κ3) is 13.8. The highest BCUT2D eigenvalue weighted by Crippen LogP contribution is 2.39. The summed E-state index contributed by atoms with van der Waals surface area (Å²) < 4.78 is 24.1. The maximum atomic E-state index is 6.86. The van der Waals surface area contributed by atoms with E-state index in [4.69, 9.17) is 23.4 Å². The Balaban J connectivity index is 5.15. The molecule has 0 rings (SSSR count). The summed E-state index contributed by atoms with van der Waals surface area (Å²) in [5.41, 5.74) is 0. The molecule has 0 amide bonds. The van der Waals surface area contributed by atoms with Crippen LogP contribution in [0.4, 0.5) is 0 Å². The first-order chi connectivity index (χ1) is 15.1. The van der Waals surface area contributed by atoms with Gasteiger partial charge in [-0.3, -0.25) is 4.58 Å². The van der Waals surface area contributed by atoms with Gasteiger partial charge in [-0.2, -0.15) is 0 Å². The number of methoxy groups -OCH3 is 1. The van der Waals surface area contributed by atoms with Crippen molar-refractivity contribution in [3.63, 3.8) is 0 Å². The van der Waals surface area contributed by atoms with E-state index >= 15 is 0 Å². The molecule has 0 spiro atoms. The van der Waals surface area contributed by atoms with E-state index in [1.54, 1.807) is 7.11 Å². The van der Waals surface area contributed by atoms with Crippen LogP contribution in [0, 0.1) is 0 Å². The van der Waals surface area contributed by atoms with Gasteiger partial charge in [-0.25, -0.2) is 4.89 Å². The summed E-state index contributed by atoms with van der Waals surface area (Å²) in [4.78, 5) is 5.93. The SMILES string of the molecule is CCCCCCCC(CCC(OCCOC)OO[Si](C)(C)C(C)(C)C)O[Si](C)(C)C(C)(C)C. The fourth-order valence-corrected chi connectivity index (χ4v) is 4.89. The van der Waals surface area contributed by atoms with E-state index in [0.717, 1.165) is 19.3 Å². The molecule has 0 N–H and O–H groups in total. The summed E-state index contributed by atoms with van der Waals surface area (Å²) >= 11 is 0. The van der Waals surface area contributed by atoms with E-state index in [-0.39, 0.29) is 16.2 Å². The molecular weight excluding hydrogens is 448 g/mol. The van der Waals surface area contributed by atoms with Crippen molar-refractivity contribution in [1.29, 1.82) is 0 Å². The summed E-state index contributed by atoms with van der Waals surface area (Å²) in [6.07, 6.45) is 9.01. The molecule has 0 heterocycles. The topological polar surface area (TPSA) is 46.2 Å². The average Bonchev–Trinajstić information content (AvgIpc) is 2.67. The quantitative estimate of drug-likeness (QED) is 0.0613. The Morgan fingerprint density at radius 2 is 1.27 bits per heavy atom. The van der Waals surface area contributed by atoms with Gasteiger partial charge >= 0.3 is 0 Å². The summed E-state index contributed by atoms with van der Waals surface area (Å²) in [5.74, 6) is 0. The zero-order valence-electron chi connectivity index (χ0n) is 24.3. The monoisotopic (exact) mass is 506 g/mol. The van der Waals surface area contributed by atoms with Gasteiger partial charge in [0.25, 0.3) is 0 Å². The fraction of sp³-hybridized carbons (Fsp3) is 1.00. The first kappa shape index (κ1) is 33.2. The lowest BCUT2D eigenvalue weighted by Gasteiger charge is -2.40. The van der Waals surface area contributed by atoms with Crippen molar-refractivity contribution in [2.45, 2.75) is 148 Å². The fourth-order valence-electron chi connectivity index (χ4n) is 2.87. The van der Waals surface area contributed by atoms with Crippen molar-refractivity contribution in [2.24, 2.45) is 0 Å². The number of rotatable bonds is 18. The van der Waals surface area contributed by atoms with Crippen LogP contribution in [0.5, 0.6) is 0 Å². The Labute approximate surface area is 208 Å². The molecule has 0 aliphatic heterocycles. The highest BCUT2D eigenvalue weighted by atomic mass is 28.4. The number of hydrogen-bond donors (Lipinski definition) is 0. The highest BCUT2D eigenvalue weighted by molar-refractivity contribution is 6.74. The minimum atomic E-state index is -2.03. The molecule has 2 atom stereocenters. The van der Waals surface area contributed by atoms with E-state index in [0.29, 0.717) is 13.2 Å². The number of ether oxygens (including phenoxy) is 2. The maximum absolute atomic E-state index is 6.86. The molecule has 0 fully saturated rings. The molecule has 200 valence electrons. The lowest BCUT2D eigenvalue weighted by atomic mass is 10.0. The summed E-state index contributed by atoms with van der Waals surface area (Å²) in [5, 5.41) is 0.278. The molecule has 0 aliphatic carbocycles. The smallest absolute Gasteiger partial charge is 0.238 e. The highest BCUT2D eigenvalue weighted by Gasteiger charge is 2.41. The summed E-state index contributed by atoms with van der Waals surface area (Å²) in [6, 6.07) is 0. The second kappa shape index (κ2) is 15.4. The standard InChI is InChI=1S/C26H58O5Si2/c1-13-14-15-16-17-18-23(30-32(9,10)25(2,3)4)19-20-24(28-22-21-27-8)29-31-33(11,12)26(5,6)7/h23-24H,13-22H2,1-12H3. The predicted molar refractivity (Wildman–Crippen MR) is 146 cm³/mol. The zero-order chi connectivity index (χ0) is 25.8. The van der Waals surface area contributed by atoms with Crippen LogP contribution in [0.25, 0.3) is 0 Å². The van der Waals surface area contributed by atoms with Crippen molar-refractivity contribution in [1.82, 2.24) is 0 Å². The molecule has 33 heavy (non-hydrogen) atoms. The van der Waals surface area contributed by atoms with Crippen LogP contribution >= 0.6 is 0 Å². The minimum Gasteiger partial charge on any atom is -0.414 e. The Morgan fingerprint density at radius 1 is 0.697 bits per heavy atom. The molecule has 0 aliphatic rings. The van der Waals surface area contributed by atoms with Gasteiger partial charge in [-0.15, -0.1) is 0 Å². The second-order valence-electron chi connectivity index (χ2n) is 12.5. The molecule has 0 aromatic heterocycles. The van der Waals surface area contributed by atoms with Gasteiger partial charge in [0.05, 0.1) is 13.2 Å². The molecular formula is C26H58O5Si2. The van der Waals surface area contributed by atoms with E-state index in [1.807, 2.05) is 0 Å². The molecule has 0 saturated heterocycles. The van der Waals surface area contributed by atoms with Crippen LogP contribution in [0.1, 0.15) is 99.8 Å². The second-order valence-corrected chi connectivity index (χ2v) is 22.0. The lowest BCUT2D eigenvalue weighted by molar-refractivity contribution is -0.332. The predicted octanol–water partition coefficient (Wildman–Crippen LogP) is 8.46. The van der Waals surface area contributed by atoms with Gasteiger partial charge in [0, 0.05) is 19.6 Å². The van der Waals surface area contributed by atoms with Crippen molar-refractivity contribution in [3.05, 3.63) is 0 Å². The van der Waals surface area contributed by atoms with Gasteiger partial charge in [0.15, 0.2) is 14.6 Å². The van der Waals surface area contributed by atoms with Crippen LogP contribution in [-0.4, -0.2) is 49.4 Å². The molecule has 7 heteroatoms. The van der Waals surface area contributed by atoms with E-state index < -0.39 is 22.9 Å². The van der Waals surface area contributed by atoms with Crippen molar-refractivity contribution < 1.29 is 23.4 Å². The maximum Gasteiger partial charge on any atom is 0.238 e. The number of hydrogen-bond acceptors (Lipinski definition) is 5. The van der Waals surface area contributed by atoms with E-state index in [1.165, 1.54) is 32.1 Å². The molecule has 0 aromatic rings. The van der Waals surface area contributed by atoms with Crippen LogP contribution in [-0.2, 0) is 23.4 Å². The van der Waals surface area contributed by atoms with Gasteiger partial charge in [-0.1, -0.05) is 80.6 Å².